The van der Waals surface area contributed by atoms with E-state index in [4.69, 9.17) is 19.9 Å². The zero-order valence-corrected chi connectivity index (χ0v) is 32.4. The first kappa shape index (κ1) is 37.8. The number of aryl methyl sites for hydroxylation is 2. The maximum absolute atomic E-state index is 14.7. The zero-order valence-electron chi connectivity index (χ0n) is 31.6. The second-order valence-electron chi connectivity index (χ2n) is 16.8. The molecule has 4 atom stereocenters. The average molecular weight is 763 g/mol. The first-order valence-electron chi connectivity index (χ1n) is 18.9. The fourth-order valence-corrected chi connectivity index (χ4v) is 9.37. The summed E-state index contributed by atoms with van der Waals surface area (Å²) in [7, 11) is -4.10. The number of ether oxygens (including phenoxy) is 2. The molecule has 4 heterocycles. The number of alkyl carbamates (subject to hydrolysis) is 1. The van der Waals surface area contributed by atoms with Crippen LogP contribution in [0.2, 0.25) is 0 Å². The van der Waals surface area contributed by atoms with E-state index in [1.54, 1.807) is 33.8 Å². The highest BCUT2D eigenvalue weighted by Crippen LogP contribution is 2.47. The molecule has 1 spiro atoms. The Kier molecular flexibility index (Phi) is 9.33. The molecule has 1 aromatic carbocycles. The van der Waals surface area contributed by atoms with Gasteiger partial charge in [-0.05, 0) is 85.6 Å². The van der Waals surface area contributed by atoms with Crippen molar-refractivity contribution in [3.8, 4) is 5.75 Å². The van der Waals surface area contributed by atoms with E-state index < -0.39 is 67.4 Å². The predicted octanol–water partition coefficient (Wildman–Crippen LogP) is 4.27. The Morgan fingerprint density at radius 1 is 1.09 bits per heavy atom. The number of nitrogens with zero attached hydrogens (tertiary/aromatic N) is 2. The number of hydrogen-bond donors (Lipinski definition) is 4. The third-order valence-corrected chi connectivity index (χ3v) is 13.7. The molecule has 14 nitrogen and oxygen atoms in total. The van der Waals surface area contributed by atoms with E-state index in [0.29, 0.717) is 62.8 Å². The molecule has 3 aliphatic heterocycles. The van der Waals surface area contributed by atoms with Crippen LogP contribution in [0, 0.1) is 12.3 Å². The average Bonchev–Trinajstić information content (AvgIpc) is 3.94. The highest BCUT2D eigenvalue weighted by molar-refractivity contribution is 7.91. The second kappa shape index (κ2) is 13.3. The third-order valence-electron chi connectivity index (χ3n) is 11.5. The van der Waals surface area contributed by atoms with Gasteiger partial charge in [-0.1, -0.05) is 43.5 Å². The maximum atomic E-state index is 14.7. The second-order valence-corrected chi connectivity index (χ2v) is 19.0. The van der Waals surface area contributed by atoms with Crippen LogP contribution in [-0.2, 0) is 35.6 Å². The van der Waals surface area contributed by atoms with E-state index in [0.717, 1.165) is 29.3 Å². The summed E-state index contributed by atoms with van der Waals surface area (Å²) < 4.78 is 39.8. The monoisotopic (exact) mass is 762 g/mol. The van der Waals surface area contributed by atoms with Gasteiger partial charge in [0.2, 0.25) is 21.8 Å². The van der Waals surface area contributed by atoms with Gasteiger partial charge in [0.25, 0.3) is 5.91 Å². The van der Waals surface area contributed by atoms with Gasteiger partial charge in [0, 0.05) is 22.9 Å². The van der Waals surface area contributed by atoms with Crippen molar-refractivity contribution in [1.82, 2.24) is 25.2 Å². The number of allylic oxidation sites excluding steroid dienone is 1. The van der Waals surface area contributed by atoms with Gasteiger partial charge in [-0.25, -0.2) is 22.9 Å². The van der Waals surface area contributed by atoms with Crippen LogP contribution < -0.4 is 20.1 Å². The Morgan fingerprint density at radius 2 is 1.81 bits per heavy atom. The first-order chi connectivity index (χ1) is 25.4. The van der Waals surface area contributed by atoms with E-state index in [9.17, 15) is 27.6 Å². The lowest BCUT2D eigenvalue weighted by molar-refractivity contribution is -0.141. The van der Waals surface area contributed by atoms with Gasteiger partial charge in [-0.15, -0.1) is 0 Å². The molecule has 4 unspecified atom stereocenters. The lowest BCUT2D eigenvalue weighted by atomic mass is 9.87. The smallest absolute Gasteiger partial charge is 0.408 e. The maximum Gasteiger partial charge on any atom is 0.408 e. The molecule has 0 radical (unpaired) electrons. The number of rotatable bonds is 4. The quantitative estimate of drug-likeness (QED) is 0.352. The molecular weight excluding hydrogens is 713 g/mol. The summed E-state index contributed by atoms with van der Waals surface area (Å²) in [6, 6.07) is 5.60. The van der Waals surface area contributed by atoms with Gasteiger partial charge in [0.15, 0.2) is 5.54 Å². The van der Waals surface area contributed by atoms with Gasteiger partial charge in [0.1, 0.15) is 29.0 Å². The summed E-state index contributed by atoms with van der Waals surface area (Å²) in [6.45, 7) is 8.61. The Bertz CT molecular complexity index is 2090. The van der Waals surface area contributed by atoms with Crippen molar-refractivity contribution in [3.63, 3.8) is 0 Å². The van der Waals surface area contributed by atoms with Crippen LogP contribution in [0.15, 0.2) is 35.9 Å². The molecule has 3 fully saturated rings. The van der Waals surface area contributed by atoms with Crippen LogP contribution in [0.3, 0.4) is 0 Å². The molecular formula is C39H50N6O8S. The predicted molar refractivity (Wildman–Crippen MR) is 201 cm³/mol. The number of pyridine rings is 1. The molecule has 0 bridgehead atoms. The van der Waals surface area contributed by atoms with Gasteiger partial charge >= 0.3 is 6.09 Å². The number of nitrogens with one attached hydrogen (secondary N) is 4. The fraction of sp³-hybridized carbons (Fsp3) is 0.590. The lowest BCUT2D eigenvalue weighted by Gasteiger charge is -2.36. The number of aromatic nitrogens is 1. The number of para-hydroxylation sites is 1. The van der Waals surface area contributed by atoms with Gasteiger partial charge in [-0.3, -0.25) is 14.4 Å². The van der Waals surface area contributed by atoms with Crippen molar-refractivity contribution in [2.75, 3.05) is 6.54 Å². The van der Waals surface area contributed by atoms with E-state index in [-0.39, 0.29) is 24.3 Å². The minimum atomic E-state index is -4.10. The highest BCUT2D eigenvalue weighted by atomic mass is 32.2. The van der Waals surface area contributed by atoms with E-state index in [1.807, 2.05) is 31.2 Å². The molecule has 1 saturated heterocycles. The summed E-state index contributed by atoms with van der Waals surface area (Å²) in [5, 5.41) is 15.3. The van der Waals surface area contributed by atoms with Crippen molar-refractivity contribution in [3.05, 3.63) is 47.2 Å². The first-order valence-corrected chi connectivity index (χ1v) is 20.4. The lowest BCUT2D eigenvalue weighted by Crippen LogP contribution is -2.59. The Balaban J connectivity index is 1.25. The Labute approximate surface area is 315 Å². The molecule has 15 heteroatoms. The SMILES string of the molecule is Cc1nc2ccccc2c2c1OC1(CC2)CC2C(=O)NC3(C(=O)NS(=O)(=O)C4(C)CC4)C(=N)C3=CCCCCCCC(NC(=O)OC(C)(C)C)C(=O)N2C1. The molecule has 5 aliphatic rings. The largest absolute Gasteiger partial charge is 0.483 e. The molecule has 2 aromatic rings. The molecule has 7 rings (SSSR count). The topological polar surface area (TPSA) is 197 Å². The van der Waals surface area contributed by atoms with Crippen molar-refractivity contribution in [1.29, 1.82) is 5.41 Å². The van der Waals surface area contributed by atoms with Crippen LogP contribution >= 0.6 is 0 Å². The van der Waals surface area contributed by atoms with Crippen molar-refractivity contribution < 1.29 is 37.1 Å². The highest BCUT2D eigenvalue weighted by Gasteiger charge is 2.66. The molecule has 54 heavy (non-hydrogen) atoms. The van der Waals surface area contributed by atoms with E-state index in [1.165, 1.54) is 4.90 Å². The van der Waals surface area contributed by atoms with Crippen molar-refractivity contribution in [2.45, 2.75) is 139 Å². The van der Waals surface area contributed by atoms with Crippen LogP contribution in [0.25, 0.3) is 10.9 Å². The summed E-state index contributed by atoms with van der Waals surface area (Å²) in [4.78, 5) is 62.6. The van der Waals surface area contributed by atoms with Crippen LogP contribution in [0.5, 0.6) is 5.75 Å². The van der Waals surface area contributed by atoms with Crippen LogP contribution in [-0.4, -0.2) is 87.9 Å². The number of carbonyl (C=O) groups excluding carboxylic acids is 4. The molecule has 2 saturated carbocycles. The van der Waals surface area contributed by atoms with Crippen LogP contribution in [0.1, 0.15) is 103 Å². The van der Waals surface area contributed by atoms with E-state index in [2.05, 4.69) is 15.4 Å². The summed E-state index contributed by atoms with van der Waals surface area (Å²) in [5.74, 6) is -1.65. The van der Waals surface area contributed by atoms with Crippen molar-refractivity contribution in [2.24, 2.45) is 0 Å². The Morgan fingerprint density at radius 3 is 2.54 bits per heavy atom. The summed E-state index contributed by atoms with van der Waals surface area (Å²) in [6.07, 6.45) is 6.50. The number of hydrogen-bond acceptors (Lipinski definition) is 10. The van der Waals surface area contributed by atoms with Gasteiger partial charge < -0.3 is 30.4 Å². The Hall–Kier alpha value is -4.53. The summed E-state index contributed by atoms with van der Waals surface area (Å²) >= 11 is 0. The van der Waals surface area contributed by atoms with Gasteiger partial charge in [-0.2, -0.15) is 0 Å². The standard InChI is InChI=1S/C39H50N6O8S/c1-23-30-25(24-13-11-12-15-27(24)41-23)17-18-38(52-30)21-29-32(46)43-39(34(48)44-54(50,51)37(5)19-20-37)26(31(39)40)14-9-7-6-8-10-16-28(33(47)45(29)22-38)42-35(49)53-36(2,3)4/h11-15,28-29,40H,6-10,16-22H2,1-5H3,(H,42,49)(H,43,46)(H,44,48). The molecule has 290 valence electrons. The van der Waals surface area contributed by atoms with Crippen LogP contribution in [0.4, 0.5) is 4.79 Å². The number of carbonyl (C=O) groups is 4. The number of benzene rings is 1. The number of fused-ring (bicyclic) bond motifs is 5. The van der Waals surface area contributed by atoms with Crippen molar-refractivity contribution >= 4 is 50.5 Å². The normalized spacial score (nSPS) is 28.3. The zero-order chi connectivity index (χ0) is 38.8. The summed E-state index contributed by atoms with van der Waals surface area (Å²) in [5.41, 5.74) is -1.27. The van der Waals surface area contributed by atoms with E-state index >= 15 is 0 Å². The minimum Gasteiger partial charge on any atom is -0.483 e. The third kappa shape index (κ3) is 6.83. The molecule has 4 N–H and O–H groups in total. The molecule has 4 amide bonds. The number of amides is 4. The minimum absolute atomic E-state index is 0.00813. The fourth-order valence-electron chi connectivity index (χ4n) is 8.08. The number of sulfonamides is 1. The van der Waals surface area contributed by atoms with Gasteiger partial charge in [0.05, 0.1) is 28.2 Å². The molecule has 2 aliphatic carbocycles. The molecule has 1 aromatic heterocycles.